The van der Waals surface area contributed by atoms with Gasteiger partial charge in [0.05, 0.1) is 17.2 Å². The van der Waals surface area contributed by atoms with Crippen LogP contribution in [-0.2, 0) is 16.6 Å². The summed E-state index contributed by atoms with van der Waals surface area (Å²) < 4.78 is 26.9. The van der Waals surface area contributed by atoms with Gasteiger partial charge in [0.2, 0.25) is 10.0 Å². The molecular formula is C11H14N4O2S2. The Morgan fingerprint density at radius 1 is 1.42 bits per heavy atom. The van der Waals surface area contributed by atoms with E-state index in [0.29, 0.717) is 11.5 Å². The van der Waals surface area contributed by atoms with Gasteiger partial charge in [-0.05, 0) is 19.1 Å². The summed E-state index contributed by atoms with van der Waals surface area (Å²) in [7, 11) is -1.97. The van der Waals surface area contributed by atoms with Crippen LogP contribution in [0.4, 0.5) is 5.82 Å². The molecule has 0 radical (unpaired) electrons. The predicted molar refractivity (Wildman–Crippen MR) is 74.7 cm³/mol. The molecule has 0 unspecified atom stereocenters. The molecular weight excluding hydrogens is 284 g/mol. The number of sulfonamides is 1. The van der Waals surface area contributed by atoms with Crippen LogP contribution in [0.25, 0.3) is 0 Å². The average Bonchev–Trinajstić information content (AvgIpc) is 2.82. The molecule has 0 atom stereocenters. The number of aryl methyl sites for hydroxylation is 1. The van der Waals surface area contributed by atoms with Crippen LogP contribution >= 0.6 is 11.3 Å². The van der Waals surface area contributed by atoms with Crippen molar-refractivity contribution in [1.29, 1.82) is 0 Å². The Balaban J connectivity index is 2.18. The van der Waals surface area contributed by atoms with E-state index in [2.05, 4.69) is 20.0 Å². The highest BCUT2D eigenvalue weighted by molar-refractivity contribution is 7.89. The van der Waals surface area contributed by atoms with Gasteiger partial charge >= 0.3 is 0 Å². The van der Waals surface area contributed by atoms with E-state index in [-0.39, 0.29) is 11.4 Å². The summed E-state index contributed by atoms with van der Waals surface area (Å²) in [5.41, 5.74) is 0.709. The molecule has 0 saturated carbocycles. The van der Waals surface area contributed by atoms with E-state index in [9.17, 15) is 8.42 Å². The first-order chi connectivity index (χ1) is 9.03. The normalized spacial score (nSPS) is 11.5. The first-order valence-electron chi connectivity index (χ1n) is 5.56. The lowest BCUT2D eigenvalue weighted by molar-refractivity contribution is 0.580. The SMILES string of the molecule is CNc1ncccc1S(=O)(=O)NCc1csc(C)n1. The van der Waals surface area contributed by atoms with Crippen molar-refractivity contribution in [2.24, 2.45) is 0 Å². The van der Waals surface area contributed by atoms with Crippen molar-refractivity contribution in [1.82, 2.24) is 14.7 Å². The second-order valence-electron chi connectivity index (χ2n) is 3.78. The van der Waals surface area contributed by atoms with Crippen molar-refractivity contribution in [3.8, 4) is 0 Å². The van der Waals surface area contributed by atoms with Gasteiger partial charge in [-0.15, -0.1) is 11.3 Å². The van der Waals surface area contributed by atoms with Gasteiger partial charge in [-0.1, -0.05) is 0 Å². The molecule has 0 aromatic carbocycles. The summed E-state index contributed by atoms with van der Waals surface area (Å²) in [5, 5.41) is 5.50. The highest BCUT2D eigenvalue weighted by Gasteiger charge is 2.18. The fourth-order valence-electron chi connectivity index (χ4n) is 1.53. The monoisotopic (exact) mass is 298 g/mol. The van der Waals surface area contributed by atoms with Gasteiger partial charge in [-0.3, -0.25) is 0 Å². The van der Waals surface area contributed by atoms with Crippen molar-refractivity contribution in [2.75, 3.05) is 12.4 Å². The molecule has 2 aromatic heterocycles. The zero-order chi connectivity index (χ0) is 13.9. The largest absolute Gasteiger partial charge is 0.372 e. The van der Waals surface area contributed by atoms with Crippen LogP contribution in [0.1, 0.15) is 10.7 Å². The topological polar surface area (TPSA) is 84.0 Å². The zero-order valence-corrected chi connectivity index (χ0v) is 12.2. The molecule has 0 bridgehead atoms. The molecule has 0 aliphatic rings. The summed E-state index contributed by atoms with van der Waals surface area (Å²) in [6, 6.07) is 3.09. The Morgan fingerprint density at radius 3 is 2.84 bits per heavy atom. The van der Waals surface area contributed by atoms with Crippen LogP contribution in [0, 0.1) is 6.92 Å². The maximum Gasteiger partial charge on any atom is 0.244 e. The van der Waals surface area contributed by atoms with E-state index < -0.39 is 10.0 Å². The third-order valence-corrected chi connectivity index (χ3v) is 4.66. The van der Waals surface area contributed by atoms with Gasteiger partial charge in [-0.2, -0.15) is 0 Å². The molecule has 2 heterocycles. The Hall–Kier alpha value is -1.51. The van der Waals surface area contributed by atoms with Gasteiger partial charge in [0.15, 0.2) is 0 Å². The van der Waals surface area contributed by atoms with E-state index in [4.69, 9.17) is 0 Å². The molecule has 0 saturated heterocycles. The third-order valence-electron chi connectivity index (χ3n) is 2.41. The number of thiazole rings is 1. The molecule has 0 amide bonds. The van der Waals surface area contributed by atoms with Crippen molar-refractivity contribution in [3.05, 3.63) is 34.4 Å². The number of pyridine rings is 1. The molecule has 0 fully saturated rings. The smallest absolute Gasteiger partial charge is 0.244 e. The number of nitrogens with one attached hydrogen (secondary N) is 2. The summed E-state index contributed by atoms with van der Waals surface area (Å²) in [5.74, 6) is 0.324. The van der Waals surface area contributed by atoms with Gasteiger partial charge in [0, 0.05) is 18.6 Å². The Labute approximate surface area is 116 Å². The lowest BCUT2D eigenvalue weighted by Gasteiger charge is -2.09. The molecule has 19 heavy (non-hydrogen) atoms. The predicted octanol–water partition coefficient (Wildman–Crippen LogP) is 1.37. The molecule has 0 aliphatic carbocycles. The number of aromatic nitrogens is 2. The van der Waals surface area contributed by atoms with Crippen molar-refractivity contribution in [3.63, 3.8) is 0 Å². The lowest BCUT2D eigenvalue weighted by Crippen LogP contribution is -2.24. The summed E-state index contributed by atoms with van der Waals surface area (Å²) in [6.45, 7) is 2.05. The second-order valence-corrected chi connectivity index (χ2v) is 6.58. The van der Waals surface area contributed by atoms with Crippen LogP contribution < -0.4 is 10.0 Å². The molecule has 2 rings (SSSR count). The van der Waals surface area contributed by atoms with Crippen molar-refractivity contribution in [2.45, 2.75) is 18.4 Å². The van der Waals surface area contributed by atoms with Crippen LogP contribution in [0.3, 0.4) is 0 Å². The number of anilines is 1. The molecule has 102 valence electrons. The van der Waals surface area contributed by atoms with E-state index in [1.165, 1.54) is 23.6 Å². The first-order valence-corrected chi connectivity index (χ1v) is 7.92. The van der Waals surface area contributed by atoms with E-state index >= 15 is 0 Å². The van der Waals surface area contributed by atoms with Gasteiger partial charge in [-0.25, -0.2) is 23.1 Å². The van der Waals surface area contributed by atoms with Gasteiger partial charge in [0.25, 0.3) is 0 Å². The molecule has 2 N–H and O–H groups in total. The highest BCUT2D eigenvalue weighted by atomic mass is 32.2. The Kier molecular flexibility index (Phi) is 4.13. The lowest BCUT2D eigenvalue weighted by atomic mass is 10.5. The Bertz CT molecular complexity index is 667. The van der Waals surface area contributed by atoms with E-state index in [1.807, 2.05) is 12.3 Å². The molecule has 8 heteroatoms. The standard InChI is InChI=1S/C11H14N4O2S2/c1-8-15-9(7-18-8)6-14-19(16,17)10-4-3-5-13-11(10)12-2/h3-5,7,14H,6H2,1-2H3,(H,12,13). The fourth-order valence-corrected chi connectivity index (χ4v) is 3.30. The minimum absolute atomic E-state index is 0.129. The number of nitrogens with zero attached hydrogens (tertiary/aromatic N) is 2. The summed E-state index contributed by atoms with van der Waals surface area (Å²) in [6.07, 6.45) is 1.54. The molecule has 0 spiro atoms. The summed E-state index contributed by atoms with van der Waals surface area (Å²) in [4.78, 5) is 8.32. The fraction of sp³-hybridized carbons (Fsp3) is 0.273. The van der Waals surface area contributed by atoms with E-state index in [1.54, 1.807) is 13.1 Å². The number of hydrogen-bond donors (Lipinski definition) is 2. The number of hydrogen-bond acceptors (Lipinski definition) is 6. The van der Waals surface area contributed by atoms with Crippen molar-refractivity contribution < 1.29 is 8.42 Å². The third kappa shape index (κ3) is 3.28. The quantitative estimate of drug-likeness (QED) is 0.871. The maximum absolute atomic E-state index is 12.2. The van der Waals surface area contributed by atoms with Gasteiger partial charge < -0.3 is 5.32 Å². The minimum Gasteiger partial charge on any atom is -0.372 e. The zero-order valence-electron chi connectivity index (χ0n) is 10.5. The minimum atomic E-state index is -3.60. The molecule has 0 aliphatic heterocycles. The van der Waals surface area contributed by atoms with Gasteiger partial charge in [0.1, 0.15) is 10.7 Å². The molecule has 2 aromatic rings. The van der Waals surface area contributed by atoms with Crippen LogP contribution in [-0.4, -0.2) is 25.4 Å². The molecule has 6 nitrogen and oxygen atoms in total. The van der Waals surface area contributed by atoms with Crippen LogP contribution in [0.2, 0.25) is 0 Å². The Morgan fingerprint density at radius 2 is 2.21 bits per heavy atom. The van der Waals surface area contributed by atoms with Crippen molar-refractivity contribution >= 4 is 27.2 Å². The average molecular weight is 298 g/mol. The van der Waals surface area contributed by atoms with Crippen LogP contribution in [0.15, 0.2) is 28.6 Å². The second kappa shape index (κ2) is 5.64. The first kappa shape index (κ1) is 13.9. The highest BCUT2D eigenvalue weighted by Crippen LogP contribution is 2.17. The number of rotatable bonds is 5. The summed E-state index contributed by atoms with van der Waals surface area (Å²) >= 11 is 1.49. The van der Waals surface area contributed by atoms with E-state index in [0.717, 1.165) is 5.01 Å². The van der Waals surface area contributed by atoms with Crippen LogP contribution in [0.5, 0.6) is 0 Å². The maximum atomic E-state index is 12.2.